The van der Waals surface area contributed by atoms with E-state index in [1.54, 1.807) is 13.0 Å². The molecule has 0 saturated carbocycles. The number of ether oxygens (including phenoxy) is 2. The summed E-state index contributed by atoms with van der Waals surface area (Å²) >= 11 is 1.24. The maximum atomic E-state index is 13.0. The maximum absolute atomic E-state index is 13.0. The zero-order valence-corrected chi connectivity index (χ0v) is 15.7. The Morgan fingerprint density at radius 1 is 1.11 bits per heavy atom. The van der Waals surface area contributed by atoms with Crippen molar-refractivity contribution in [3.05, 3.63) is 46.1 Å². The summed E-state index contributed by atoms with van der Waals surface area (Å²) in [5.74, 6) is -2.61. The summed E-state index contributed by atoms with van der Waals surface area (Å²) in [6, 6.07) is 4.89. The van der Waals surface area contributed by atoms with Crippen LogP contribution in [0, 0.1) is 5.82 Å². The zero-order chi connectivity index (χ0) is 20.0. The van der Waals surface area contributed by atoms with Gasteiger partial charge in [0.05, 0.1) is 17.7 Å². The fourth-order valence-electron chi connectivity index (χ4n) is 2.16. The van der Waals surface area contributed by atoms with Crippen LogP contribution in [0.15, 0.2) is 24.3 Å². The summed E-state index contributed by atoms with van der Waals surface area (Å²) in [7, 11) is 0. The van der Waals surface area contributed by atoms with Crippen LogP contribution >= 0.6 is 11.3 Å². The Labute approximate surface area is 159 Å². The lowest BCUT2D eigenvalue weighted by Gasteiger charge is -2.08. The molecule has 1 heterocycles. The summed E-state index contributed by atoms with van der Waals surface area (Å²) in [5.41, 5.74) is 5.68. The minimum Gasteiger partial charge on any atom is -0.462 e. The number of anilines is 2. The molecule has 0 saturated heterocycles. The minimum absolute atomic E-state index is 0.0409. The first kappa shape index (κ1) is 20.4. The smallest absolute Gasteiger partial charge is 0.341 e. The average Bonchev–Trinajstić information content (AvgIpc) is 3.03. The molecule has 0 aliphatic carbocycles. The van der Waals surface area contributed by atoms with Crippen molar-refractivity contribution in [2.75, 3.05) is 24.3 Å². The molecular formula is C18H19FN2O5S. The molecule has 1 aromatic carbocycles. The fraction of sp³-hybridized carbons (Fsp3) is 0.278. The number of carbonyl (C=O) groups is 3. The zero-order valence-electron chi connectivity index (χ0n) is 14.8. The number of hydrogen-bond acceptors (Lipinski definition) is 7. The van der Waals surface area contributed by atoms with Crippen LogP contribution in [-0.2, 0) is 20.7 Å². The van der Waals surface area contributed by atoms with Crippen molar-refractivity contribution in [3.8, 4) is 0 Å². The van der Waals surface area contributed by atoms with Crippen molar-refractivity contribution < 1.29 is 28.2 Å². The van der Waals surface area contributed by atoms with E-state index in [9.17, 15) is 18.8 Å². The molecule has 0 spiro atoms. The first-order valence-electron chi connectivity index (χ1n) is 8.17. The second-order valence-corrected chi connectivity index (χ2v) is 6.52. The third-order valence-corrected chi connectivity index (χ3v) is 4.64. The van der Waals surface area contributed by atoms with Gasteiger partial charge in [0.1, 0.15) is 10.8 Å². The SMILES string of the molecule is CCOC(=O)c1cc(CC)sc1NC(=O)COC(=O)c1ccc(F)cc1N. The average molecular weight is 394 g/mol. The van der Waals surface area contributed by atoms with Crippen LogP contribution in [0.3, 0.4) is 0 Å². The van der Waals surface area contributed by atoms with Crippen LogP contribution in [0.2, 0.25) is 0 Å². The lowest BCUT2D eigenvalue weighted by Crippen LogP contribution is -2.22. The van der Waals surface area contributed by atoms with Crippen LogP contribution in [0.4, 0.5) is 15.1 Å². The first-order valence-corrected chi connectivity index (χ1v) is 8.99. The van der Waals surface area contributed by atoms with Crippen molar-refractivity contribution in [2.24, 2.45) is 0 Å². The highest BCUT2D eigenvalue weighted by molar-refractivity contribution is 7.16. The third kappa shape index (κ3) is 5.27. The summed E-state index contributed by atoms with van der Waals surface area (Å²) in [6.45, 7) is 3.22. The Kier molecular flexibility index (Phi) is 6.89. The van der Waals surface area contributed by atoms with Gasteiger partial charge in [0.15, 0.2) is 6.61 Å². The Morgan fingerprint density at radius 2 is 1.81 bits per heavy atom. The minimum atomic E-state index is -0.853. The molecule has 0 unspecified atom stereocenters. The van der Waals surface area contributed by atoms with Crippen LogP contribution in [-0.4, -0.2) is 31.1 Å². The van der Waals surface area contributed by atoms with Gasteiger partial charge in [0.2, 0.25) is 0 Å². The Bertz CT molecular complexity index is 865. The number of aryl methyl sites for hydroxylation is 1. The van der Waals surface area contributed by atoms with Gasteiger partial charge in [-0.2, -0.15) is 0 Å². The predicted octanol–water partition coefficient (Wildman–Crippen LogP) is 3.00. The van der Waals surface area contributed by atoms with Crippen LogP contribution in [0.1, 0.15) is 39.4 Å². The van der Waals surface area contributed by atoms with Crippen LogP contribution in [0.25, 0.3) is 0 Å². The molecule has 2 aromatic rings. The standard InChI is InChI=1S/C18H19FN2O5S/c1-3-11-8-13(18(24)25-4-2)16(27-11)21-15(22)9-26-17(23)12-6-5-10(19)7-14(12)20/h5-8H,3-4,9,20H2,1-2H3,(H,21,22). The molecule has 0 radical (unpaired) electrons. The molecule has 27 heavy (non-hydrogen) atoms. The van der Waals surface area contributed by atoms with Gasteiger partial charge in [-0.05, 0) is 37.6 Å². The molecule has 2 rings (SSSR count). The Hall–Kier alpha value is -2.94. The quantitative estimate of drug-likeness (QED) is 0.552. The van der Waals surface area contributed by atoms with Crippen LogP contribution in [0.5, 0.6) is 0 Å². The van der Waals surface area contributed by atoms with Gasteiger partial charge in [-0.1, -0.05) is 6.92 Å². The predicted molar refractivity (Wildman–Crippen MR) is 99.4 cm³/mol. The summed E-state index contributed by atoms with van der Waals surface area (Å²) in [5, 5.41) is 2.87. The molecule has 0 atom stereocenters. The number of halogens is 1. The highest BCUT2D eigenvalue weighted by atomic mass is 32.1. The number of benzene rings is 1. The molecule has 1 aromatic heterocycles. The molecule has 1 amide bonds. The number of carbonyl (C=O) groups excluding carboxylic acids is 3. The van der Waals surface area contributed by atoms with Crippen molar-refractivity contribution >= 4 is 39.9 Å². The fourth-order valence-corrected chi connectivity index (χ4v) is 3.16. The molecule has 3 N–H and O–H groups in total. The third-order valence-electron chi connectivity index (χ3n) is 3.45. The van der Waals surface area contributed by atoms with Gasteiger partial charge in [-0.15, -0.1) is 11.3 Å². The normalized spacial score (nSPS) is 10.3. The van der Waals surface area contributed by atoms with E-state index in [4.69, 9.17) is 15.2 Å². The summed E-state index contributed by atoms with van der Waals surface area (Å²) < 4.78 is 22.9. The Balaban J connectivity index is 2.02. The lowest BCUT2D eigenvalue weighted by molar-refractivity contribution is -0.119. The number of nitrogen functional groups attached to an aromatic ring is 1. The molecule has 0 aliphatic heterocycles. The van der Waals surface area contributed by atoms with Crippen LogP contribution < -0.4 is 11.1 Å². The summed E-state index contributed by atoms with van der Waals surface area (Å²) in [4.78, 5) is 36.9. The second kappa shape index (κ2) is 9.13. The molecule has 144 valence electrons. The highest BCUT2D eigenvalue weighted by Gasteiger charge is 2.20. The van der Waals surface area contributed by atoms with Gasteiger partial charge in [0.25, 0.3) is 5.91 Å². The highest BCUT2D eigenvalue weighted by Crippen LogP contribution is 2.29. The van der Waals surface area contributed by atoms with Crippen molar-refractivity contribution in [1.82, 2.24) is 0 Å². The van der Waals surface area contributed by atoms with E-state index >= 15 is 0 Å². The van der Waals surface area contributed by atoms with Gasteiger partial charge in [-0.25, -0.2) is 14.0 Å². The van der Waals surface area contributed by atoms with Crippen molar-refractivity contribution in [3.63, 3.8) is 0 Å². The summed E-state index contributed by atoms with van der Waals surface area (Å²) in [6.07, 6.45) is 0.686. The molecular weight excluding hydrogens is 375 g/mol. The van der Waals surface area contributed by atoms with E-state index in [0.29, 0.717) is 11.4 Å². The van der Waals surface area contributed by atoms with E-state index in [1.165, 1.54) is 17.4 Å². The number of nitrogens with two attached hydrogens (primary N) is 1. The largest absolute Gasteiger partial charge is 0.462 e. The first-order chi connectivity index (χ1) is 12.8. The van der Waals surface area contributed by atoms with E-state index < -0.39 is 30.3 Å². The second-order valence-electron chi connectivity index (χ2n) is 5.39. The number of amides is 1. The van der Waals surface area contributed by atoms with E-state index in [1.807, 2.05) is 6.92 Å². The van der Waals surface area contributed by atoms with Gasteiger partial charge in [-0.3, -0.25) is 4.79 Å². The van der Waals surface area contributed by atoms with Crippen molar-refractivity contribution in [1.29, 1.82) is 0 Å². The molecule has 0 bridgehead atoms. The van der Waals surface area contributed by atoms with E-state index in [0.717, 1.165) is 17.0 Å². The monoisotopic (exact) mass is 394 g/mol. The maximum Gasteiger partial charge on any atom is 0.341 e. The topological polar surface area (TPSA) is 108 Å². The number of hydrogen-bond donors (Lipinski definition) is 2. The molecule has 0 fully saturated rings. The lowest BCUT2D eigenvalue weighted by atomic mass is 10.2. The molecule has 9 heteroatoms. The van der Waals surface area contributed by atoms with Gasteiger partial charge in [0, 0.05) is 10.6 Å². The number of rotatable bonds is 7. The molecule has 7 nitrogen and oxygen atoms in total. The Morgan fingerprint density at radius 3 is 2.44 bits per heavy atom. The van der Waals surface area contributed by atoms with Gasteiger partial charge < -0.3 is 20.5 Å². The van der Waals surface area contributed by atoms with E-state index in [2.05, 4.69) is 5.32 Å². The van der Waals surface area contributed by atoms with Crippen molar-refractivity contribution in [2.45, 2.75) is 20.3 Å². The molecule has 0 aliphatic rings. The van der Waals surface area contributed by atoms with E-state index in [-0.39, 0.29) is 23.4 Å². The number of nitrogens with one attached hydrogen (secondary N) is 1. The number of esters is 2. The number of thiophene rings is 1. The van der Waals surface area contributed by atoms with Gasteiger partial charge >= 0.3 is 11.9 Å².